The first kappa shape index (κ1) is 20.1. The fraction of sp³-hybridized carbons (Fsp3) is 0.182. The number of nitriles is 1. The molecule has 141 valence electrons. The summed E-state index contributed by atoms with van der Waals surface area (Å²) in [7, 11) is 4.24. The molecule has 4 rings (SSSR count). The van der Waals surface area contributed by atoms with Crippen molar-refractivity contribution in [1.29, 1.82) is 5.26 Å². The summed E-state index contributed by atoms with van der Waals surface area (Å²) in [5, 5.41) is 9.15. The molecule has 0 saturated carbocycles. The zero-order valence-electron chi connectivity index (χ0n) is 16.3. The van der Waals surface area contributed by atoms with E-state index >= 15 is 0 Å². The number of benzene rings is 2. The molecule has 3 aromatic rings. The Balaban J connectivity index is 0.00000225. The molecular weight excluding hydrogens is 523 g/mol. The minimum Gasteiger partial charge on any atom is -0.394 e. The first-order chi connectivity index (χ1) is 13.0. The largest absolute Gasteiger partial charge is 0.411 e. The van der Waals surface area contributed by atoms with Gasteiger partial charge in [-0.3, -0.25) is 0 Å². The molecule has 0 spiro atoms. The molecular formula is C22H20BIrN4-. The second-order valence-corrected chi connectivity index (χ2v) is 7.06. The van der Waals surface area contributed by atoms with E-state index in [1.54, 1.807) is 12.1 Å². The van der Waals surface area contributed by atoms with Crippen molar-refractivity contribution in [3.8, 4) is 17.3 Å². The van der Waals surface area contributed by atoms with Gasteiger partial charge >= 0.3 is 6.98 Å². The zero-order chi connectivity index (χ0) is 19.1. The van der Waals surface area contributed by atoms with Gasteiger partial charge < -0.3 is 14.6 Å². The predicted molar refractivity (Wildman–Crippen MR) is 111 cm³/mol. The Labute approximate surface area is 180 Å². The normalized spacial score (nSPS) is 12.5. The second kappa shape index (κ2) is 7.79. The van der Waals surface area contributed by atoms with E-state index in [0.29, 0.717) is 5.56 Å². The van der Waals surface area contributed by atoms with Gasteiger partial charge in [0.15, 0.2) is 0 Å². The van der Waals surface area contributed by atoms with Crippen molar-refractivity contribution in [1.82, 2.24) is 4.98 Å². The Morgan fingerprint density at radius 1 is 1.04 bits per heavy atom. The minimum absolute atomic E-state index is 0. The van der Waals surface area contributed by atoms with Crippen molar-refractivity contribution >= 4 is 23.8 Å². The third-order valence-electron chi connectivity index (χ3n) is 5.36. The van der Waals surface area contributed by atoms with Crippen molar-refractivity contribution in [2.24, 2.45) is 0 Å². The summed E-state index contributed by atoms with van der Waals surface area (Å²) in [5.74, 6) is 0. The van der Waals surface area contributed by atoms with Crippen molar-refractivity contribution in [2.45, 2.75) is 13.8 Å². The predicted octanol–water partition coefficient (Wildman–Crippen LogP) is 3.32. The van der Waals surface area contributed by atoms with Crippen molar-refractivity contribution < 1.29 is 20.1 Å². The van der Waals surface area contributed by atoms with Crippen LogP contribution in [0.1, 0.15) is 16.7 Å². The van der Waals surface area contributed by atoms with Crippen LogP contribution in [0, 0.1) is 31.2 Å². The molecule has 4 nitrogen and oxygen atoms in total. The number of hydrogen-bond acceptors (Lipinski definition) is 4. The van der Waals surface area contributed by atoms with Gasteiger partial charge in [-0.1, -0.05) is 35.4 Å². The Bertz CT molecular complexity index is 1060. The number of hydrogen-bond donors (Lipinski definition) is 0. The number of anilines is 2. The molecule has 0 bridgehead atoms. The van der Waals surface area contributed by atoms with Crippen LogP contribution in [0.4, 0.5) is 11.4 Å². The van der Waals surface area contributed by atoms with Gasteiger partial charge in [0.1, 0.15) is 0 Å². The SMILES string of the molecule is Cc1cccc(C)c1B1N(C)c2cnc(-c3[c-]ccc(C#N)c3)cc2N1C.[Ir]. The maximum absolute atomic E-state index is 9.15. The average Bonchev–Trinajstić information content (AvgIpc) is 2.92. The molecule has 0 saturated heterocycles. The molecule has 1 radical (unpaired) electrons. The monoisotopic (exact) mass is 544 g/mol. The first-order valence-corrected chi connectivity index (χ1v) is 8.95. The van der Waals surface area contributed by atoms with Gasteiger partial charge in [-0.05, 0) is 44.7 Å². The van der Waals surface area contributed by atoms with Gasteiger partial charge in [0.2, 0.25) is 0 Å². The molecule has 6 heteroatoms. The fourth-order valence-electron chi connectivity index (χ4n) is 3.97. The van der Waals surface area contributed by atoms with Crippen LogP contribution in [0.25, 0.3) is 11.3 Å². The van der Waals surface area contributed by atoms with Gasteiger partial charge in [-0.25, -0.2) is 0 Å². The molecule has 0 N–H and O–H groups in total. The van der Waals surface area contributed by atoms with Gasteiger partial charge in [0.25, 0.3) is 0 Å². The Morgan fingerprint density at radius 2 is 1.71 bits per heavy atom. The summed E-state index contributed by atoms with van der Waals surface area (Å²) in [6, 6.07) is 19.3. The molecule has 0 fully saturated rings. The van der Waals surface area contributed by atoms with Gasteiger partial charge in [0, 0.05) is 32.0 Å². The third kappa shape index (κ3) is 3.22. The first-order valence-electron chi connectivity index (χ1n) is 8.95. The summed E-state index contributed by atoms with van der Waals surface area (Å²) in [5.41, 5.74) is 8.42. The Kier molecular flexibility index (Phi) is 5.60. The maximum Gasteiger partial charge on any atom is 0.411 e. The standard InChI is InChI=1S/C22H20BN4.Ir/c1-15-7-5-8-16(2)22(15)23-26(3)20-12-19(25-14-21(20)27(23)4)18-10-6-9-17(11-18)13-24;/h5-9,11-12,14H,1-4H3;/q-1;. The average molecular weight is 543 g/mol. The zero-order valence-corrected chi connectivity index (χ0v) is 18.7. The van der Waals surface area contributed by atoms with Crippen LogP contribution in [0.15, 0.2) is 48.7 Å². The third-order valence-corrected chi connectivity index (χ3v) is 5.36. The van der Waals surface area contributed by atoms with Crippen molar-refractivity contribution in [3.63, 3.8) is 0 Å². The van der Waals surface area contributed by atoms with Crippen LogP contribution in [0.3, 0.4) is 0 Å². The van der Waals surface area contributed by atoms with E-state index < -0.39 is 0 Å². The number of pyridine rings is 1. The molecule has 0 atom stereocenters. The van der Waals surface area contributed by atoms with E-state index in [-0.39, 0.29) is 27.1 Å². The second-order valence-electron chi connectivity index (χ2n) is 7.06. The number of aromatic nitrogens is 1. The number of rotatable bonds is 2. The minimum atomic E-state index is 0. The summed E-state index contributed by atoms with van der Waals surface area (Å²) >= 11 is 0. The van der Waals surface area contributed by atoms with Crippen LogP contribution in [-0.2, 0) is 20.1 Å². The van der Waals surface area contributed by atoms with Gasteiger partial charge in [0.05, 0.1) is 11.8 Å². The summed E-state index contributed by atoms with van der Waals surface area (Å²) in [6.07, 6.45) is 1.92. The van der Waals surface area contributed by atoms with Gasteiger partial charge in [-0.2, -0.15) is 5.26 Å². The van der Waals surface area contributed by atoms with Gasteiger partial charge in [-0.15, -0.1) is 29.8 Å². The van der Waals surface area contributed by atoms with E-state index in [1.807, 2.05) is 12.3 Å². The molecule has 1 aliphatic heterocycles. The number of nitrogens with zero attached hydrogens (tertiary/aromatic N) is 4. The van der Waals surface area contributed by atoms with Crippen LogP contribution >= 0.6 is 0 Å². The molecule has 0 amide bonds. The van der Waals surface area contributed by atoms with E-state index in [0.717, 1.165) is 22.6 Å². The fourth-order valence-corrected chi connectivity index (χ4v) is 3.97. The number of aryl methyl sites for hydroxylation is 2. The maximum atomic E-state index is 9.15. The smallest absolute Gasteiger partial charge is 0.394 e. The molecule has 1 aromatic heterocycles. The molecule has 2 aromatic carbocycles. The molecule has 0 unspecified atom stereocenters. The van der Waals surface area contributed by atoms with Crippen molar-refractivity contribution in [3.05, 3.63) is 71.4 Å². The molecule has 0 aliphatic carbocycles. The molecule has 28 heavy (non-hydrogen) atoms. The molecule has 2 heterocycles. The van der Waals surface area contributed by atoms with Crippen molar-refractivity contribution in [2.75, 3.05) is 23.7 Å². The van der Waals surface area contributed by atoms with E-state index in [9.17, 15) is 0 Å². The van der Waals surface area contributed by atoms with Crippen LogP contribution in [0.2, 0.25) is 0 Å². The van der Waals surface area contributed by atoms with E-state index in [1.165, 1.54) is 16.6 Å². The summed E-state index contributed by atoms with van der Waals surface area (Å²) in [6.45, 7) is 4.46. The topological polar surface area (TPSA) is 43.2 Å². The Morgan fingerprint density at radius 3 is 2.39 bits per heavy atom. The van der Waals surface area contributed by atoms with Crippen LogP contribution < -0.4 is 15.1 Å². The van der Waals surface area contributed by atoms with E-state index in [2.05, 4.69) is 78.9 Å². The molecule has 1 aliphatic rings. The number of fused-ring (bicyclic) bond motifs is 1. The Hall–Kier alpha value is -2.61. The van der Waals surface area contributed by atoms with Crippen LogP contribution in [-0.4, -0.2) is 26.1 Å². The quantitative estimate of drug-likeness (QED) is 0.368. The summed E-state index contributed by atoms with van der Waals surface area (Å²) in [4.78, 5) is 9.22. The van der Waals surface area contributed by atoms with E-state index in [4.69, 9.17) is 5.26 Å². The summed E-state index contributed by atoms with van der Waals surface area (Å²) < 4.78 is 0. The van der Waals surface area contributed by atoms with Crippen LogP contribution in [0.5, 0.6) is 0 Å².